The minimum absolute atomic E-state index is 0.136. The fraction of sp³-hybridized carbons (Fsp3) is 0.167. The lowest BCUT2D eigenvalue weighted by atomic mass is 10.1. The number of aromatic amines is 1. The first-order valence-corrected chi connectivity index (χ1v) is 5.55. The van der Waals surface area contributed by atoms with Gasteiger partial charge in [0.15, 0.2) is 0 Å². The molecule has 0 atom stereocenters. The molecule has 2 aromatic rings. The molecule has 0 saturated heterocycles. The maximum absolute atomic E-state index is 11.1. The lowest BCUT2D eigenvalue weighted by Crippen LogP contribution is -2.07. The molecule has 0 unspecified atom stereocenters. The van der Waals surface area contributed by atoms with Crippen LogP contribution >= 0.6 is 11.6 Å². The Kier molecular flexibility index (Phi) is 3.15. The van der Waals surface area contributed by atoms with Crippen molar-refractivity contribution in [3.05, 3.63) is 35.0 Å². The number of benzene rings is 1. The van der Waals surface area contributed by atoms with Gasteiger partial charge in [0.05, 0.1) is 16.4 Å². The number of aromatic nitrogens is 2. The van der Waals surface area contributed by atoms with Crippen LogP contribution in [0.3, 0.4) is 0 Å². The van der Waals surface area contributed by atoms with Gasteiger partial charge in [-0.05, 0) is 13.0 Å². The lowest BCUT2D eigenvalue weighted by molar-refractivity contribution is -0.114. The van der Waals surface area contributed by atoms with Gasteiger partial charge in [-0.3, -0.25) is 9.89 Å². The second kappa shape index (κ2) is 4.59. The van der Waals surface area contributed by atoms with E-state index >= 15 is 0 Å². The highest BCUT2D eigenvalue weighted by atomic mass is 35.5. The van der Waals surface area contributed by atoms with Crippen LogP contribution in [-0.2, 0) is 4.79 Å². The SMILES string of the molecule is CC(=O)Nc1c(-c2ccccc2Cl)n[nH]c1C. The number of carbonyl (C=O) groups is 1. The van der Waals surface area contributed by atoms with E-state index in [9.17, 15) is 4.79 Å². The maximum Gasteiger partial charge on any atom is 0.221 e. The van der Waals surface area contributed by atoms with Gasteiger partial charge in [-0.25, -0.2) is 0 Å². The Balaban J connectivity index is 2.53. The molecule has 88 valence electrons. The number of aryl methyl sites for hydroxylation is 1. The number of amides is 1. The summed E-state index contributed by atoms with van der Waals surface area (Å²) in [6.07, 6.45) is 0. The number of hydrogen-bond donors (Lipinski definition) is 2. The molecule has 2 N–H and O–H groups in total. The van der Waals surface area contributed by atoms with Gasteiger partial charge in [0, 0.05) is 12.5 Å². The van der Waals surface area contributed by atoms with Crippen molar-refractivity contribution in [2.75, 3.05) is 5.32 Å². The van der Waals surface area contributed by atoms with Crippen molar-refractivity contribution in [1.29, 1.82) is 0 Å². The molecule has 1 amide bonds. The molecule has 0 aliphatic carbocycles. The number of nitrogens with zero attached hydrogens (tertiary/aromatic N) is 1. The van der Waals surface area contributed by atoms with Crippen molar-refractivity contribution in [3.8, 4) is 11.3 Å². The van der Waals surface area contributed by atoms with Crippen LogP contribution in [0.25, 0.3) is 11.3 Å². The van der Waals surface area contributed by atoms with Gasteiger partial charge < -0.3 is 5.32 Å². The molecule has 1 aromatic heterocycles. The molecule has 0 aliphatic rings. The highest BCUT2D eigenvalue weighted by Crippen LogP contribution is 2.33. The van der Waals surface area contributed by atoms with Gasteiger partial charge in [0.25, 0.3) is 0 Å². The zero-order valence-electron chi connectivity index (χ0n) is 9.54. The molecular formula is C12H12ClN3O. The van der Waals surface area contributed by atoms with Crippen LogP contribution in [0.15, 0.2) is 24.3 Å². The van der Waals surface area contributed by atoms with Crippen molar-refractivity contribution >= 4 is 23.2 Å². The first-order chi connectivity index (χ1) is 8.09. The van der Waals surface area contributed by atoms with Crippen LogP contribution in [-0.4, -0.2) is 16.1 Å². The Morgan fingerprint density at radius 2 is 2.12 bits per heavy atom. The van der Waals surface area contributed by atoms with Crippen LogP contribution in [0.5, 0.6) is 0 Å². The Bertz CT molecular complexity index is 563. The third-order valence-electron chi connectivity index (χ3n) is 2.38. The van der Waals surface area contributed by atoms with Crippen LogP contribution in [0.2, 0.25) is 5.02 Å². The van der Waals surface area contributed by atoms with Gasteiger partial charge in [-0.2, -0.15) is 5.10 Å². The quantitative estimate of drug-likeness (QED) is 0.860. The molecule has 1 heterocycles. The summed E-state index contributed by atoms with van der Waals surface area (Å²) in [5, 5.41) is 10.4. The Morgan fingerprint density at radius 1 is 1.41 bits per heavy atom. The monoisotopic (exact) mass is 249 g/mol. The van der Waals surface area contributed by atoms with Crippen molar-refractivity contribution in [3.63, 3.8) is 0 Å². The van der Waals surface area contributed by atoms with Crippen LogP contribution < -0.4 is 5.32 Å². The number of anilines is 1. The second-order valence-corrected chi connectivity index (χ2v) is 4.14. The molecule has 0 spiro atoms. The molecule has 0 fully saturated rings. The summed E-state index contributed by atoms with van der Waals surface area (Å²) < 4.78 is 0. The van der Waals surface area contributed by atoms with E-state index in [0.717, 1.165) is 11.3 Å². The third-order valence-corrected chi connectivity index (χ3v) is 2.71. The van der Waals surface area contributed by atoms with E-state index in [-0.39, 0.29) is 5.91 Å². The maximum atomic E-state index is 11.1. The highest BCUT2D eigenvalue weighted by Gasteiger charge is 2.15. The molecule has 0 aliphatic heterocycles. The van der Waals surface area contributed by atoms with E-state index < -0.39 is 0 Å². The van der Waals surface area contributed by atoms with Gasteiger partial charge >= 0.3 is 0 Å². The van der Waals surface area contributed by atoms with Crippen molar-refractivity contribution < 1.29 is 4.79 Å². The standard InChI is InChI=1S/C12H12ClN3O/c1-7-11(14-8(2)17)12(16-15-7)9-5-3-4-6-10(9)13/h3-6H,1-2H3,(H,14,17)(H,15,16). The first-order valence-electron chi connectivity index (χ1n) is 5.17. The average molecular weight is 250 g/mol. The summed E-state index contributed by atoms with van der Waals surface area (Å²) in [4.78, 5) is 11.1. The third kappa shape index (κ3) is 2.31. The molecule has 4 nitrogen and oxygen atoms in total. The van der Waals surface area contributed by atoms with Crippen LogP contribution in [0.1, 0.15) is 12.6 Å². The van der Waals surface area contributed by atoms with E-state index in [1.54, 1.807) is 6.07 Å². The fourth-order valence-electron chi connectivity index (χ4n) is 1.61. The molecule has 0 bridgehead atoms. The molecule has 2 rings (SSSR count). The predicted octanol–water partition coefficient (Wildman–Crippen LogP) is 3.00. The predicted molar refractivity (Wildman–Crippen MR) is 68.1 cm³/mol. The van der Waals surface area contributed by atoms with Gasteiger partial charge in [-0.15, -0.1) is 0 Å². The molecule has 1 aromatic carbocycles. The summed E-state index contributed by atoms with van der Waals surface area (Å²) in [6.45, 7) is 3.31. The summed E-state index contributed by atoms with van der Waals surface area (Å²) >= 11 is 6.11. The molecule has 0 saturated carbocycles. The Morgan fingerprint density at radius 3 is 2.76 bits per heavy atom. The summed E-state index contributed by atoms with van der Waals surface area (Å²) in [5.41, 5.74) is 2.92. The Labute approximate surface area is 104 Å². The van der Waals surface area contributed by atoms with Crippen LogP contribution in [0, 0.1) is 6.92 Å². The second-order valence-electron chi connectivity index (χ2n) is 3.73. The fourth-order valence-corrected chi connectivity index (χ4v) is 1.83. The summed E-state index contributed by atoms with van der Waals surface area (Å²) in [5.74, 6) is -0.136. The van der Waals surface area contributed by atoms with Gasteiger partial charge in [0.2, 0.25) is 5.91 Å². The largest absolute Gasteiger partial charge is 0.323 e. The summed E-state index contributed by atoms with van der Waals surface area (Å²) in [7, 11) is 0. The van der Waals surface area contributed by atoms with E-state index in [0.29, 0.717) is 16.4 Å². The van der Waals surface area contributed by atoms with Crippen LogP contribution in [0.4, 0.5) is 5.69 Å². The Hall–Kier alpha value is -1.81. The highest BCUT2D eigenvalue weighted by molar-refractivity contribution is 6.33. The van der Waals surface area contributed by atoms with Crippen molar-refractivity contribution in [2.45, 2.75) is 13.8 Å². The molecule has 17 heavy (non-hydrogen) atoms. The average Bonchev–Trinajstić information content (AvgIpc) is 2.61. The minimum atomic E-state index is -0.136. The molecule has 5 heteroatoms. The minimum Gasteiger partial charge on any atom is -0.323 e. The van der Waals surface area contributed by atoms with E-state index in [2.05, 4.69) is 15.5 Å². The van der Waals surface area contributed by atoms with Crippen molar-refractivity contribution in [2.24, 2.45) is 0 Å². The van der Waals surface area contributed by atoms with E-state index in [1.807, 2.05) is 25.1 Å². The number of rotatable bonds is 2. The zero-order chi connectivity index (χ0) is 12.4. The van der Waals surface area contributed by atoms with E-state index in [1.165, 1.54) is 6.92 Å². The lowest BCUT2D eigenvalue weighted by Gasteiger charge is -2.05. The molecule has 0 radical (unpaired) electrons. The smallest absolute Gasteiger partial charge is 0.221 e. The number of H-pyrrole nitrogens is 1. The first kappa shape index (κ1) is 11.7. The normalized spacial score (nSPS) is 10.3. The topological polar surface area (TPSA) is 57.8 Å². The number of halogens is 1. The van der Waals surface area contributed by atoms with Gasteiger partial charge in [-0.1, -0.05) is 29.8 Å². The number of hydrogen-bond acceptors (Lipinski definition) is 2. The number of nitrogens with one attached hydrogen (secondary N) is 2. The molecular weight excluding hydrogens is 238 g/mol. The van der Waals surface area contributed by atoms with Crippen molar-refractivity contribution in [1.82, 2.24) is 10.2 Å². The zero-order valence-corrected chi connectivity index (χ0v) is 10.3. The summed E-state index contributed by atoms with van der Waals surface area (Å²) in [6, 6.07) is 7.38. The number of carbonyl (C=O) groups excluding carboxylic acids is 1. The van der Waals surface area contributed by atoms with Gasteiger partial charge in [0.1, 0.15) is 5.69 Å². The van der Waals surface area contributed by atoms with E-state index in [4.69, 9.17) is 11.6 Å².